The van der Waals surface area contributed by atoms with Crippen molar-refractivity contribution in [2.24, 2.45) is 5.41 Å². The number of fused-ring (bicyclic) bond motifs is 1. The highest BCUT2D eigenvalue weighted by Gasteiger charge is 2.36. The number of carbonyl (C=O) groups is 1. The van der Waals surface area contributed by atoms with E-state index in [1.54, 1.807) is 25.3 Å². The number of nitrogens with zero attached hydrogens (tertiary/aromatic N) is 4. The van der Waals surface area contributed by atoms with Crippen LogP contribution in [0.4, 0.5) is 4.39 Å². The Hall–Kier alpha value is -3.03. The molecule has 1 N–H and O–H groups in total. The number of hydrogen-bond acceptors (Lipinski definition) is 5. The van der Waals surface area contributed by atoms with E-state index in [4.69, 9.17) is 0 Å². The summed E-state index contributed by atoms with van der Waals surface area (Å²) in [4.78, 5) is 12.6. The third-order valence-corrected chi connectivity index (χ3v) is 5.16. The molecule has 0 aliphatic heterocycles. The first-order valence-electron chi connectivity index (χ1n) is 9.22. The van der Waals surface area contributed by atoms with Gasteiger partial charge in [0, 0.05) is 5.56 Å². The Labute approximate surface area is 161 Å². The van der Waals surface area contributed by atoms with Gasteiger partial charge in [-0.3, -0.25) is 4.79 Å². The zero-order valence-electron chi connectivity index (χ0n) is 16.1. The van der Waals surface area contributed by atoms with E-state index in [-0.39, 0.29) is 29.6 Å². The molecule has 28 heavy (non-hydrogen) atoms. The van der Waals surface area contributed by atoms with Crippen molar-refractivity contribution in [2.75, 3.05) is 0 Å². The molecule has 1 amide bonds. The Bertz CT molecular complexity index is 1010. The Morgan fingerprint density at radius 3 is 2.75 bits per heavy atom. The average Bonchev–Trinajstić information content (AvgIpc) is 3.21. The Morgan fingerprint density at radius 2 is 2.07 bits per heavy atom. The van der Waals surface area contributed by atoms with Crippen molar-refractivity contribution < 1.29 is 13.8 Å². The summed E-state index contributed by atoms with van der Waals surface area (Å²) in [7, 11) is 0. The number of aryl methyl sites for hydroxylation is 1. The van der Waals surface area contributed by atoms with Crippen molar-refractivity contribution in [1.29, 1.82) is 0 Å². The number of aromatic nitrogens is 4. The molecule has 4 rings (SSSR count). The van der Waals surface area contributed by atoms with E-state index in [0.717, 1.165) is 29.8 Å². The maximum Gasteiger partial charge on any atom is 0.226 e. The maximum atomic E-state index is 13.3. The summed E-state index contributed by atoms with van der Waals surface area (Å²) in [6.45, 7) is 6.10. The van der Waals surface area contributed by atoms with Crippen LogP contribution in [0.25, 0.3) is 5.69 Å². The van der Waals surface area contributed by atoms with E-state index in [0.29, 0.717) is 11.4 Å². The van der Waals surface area contributed by atoms with Crippen LogP contribution < -0.4 is 5.32 Å². The molecule has 0 spiro atoms. The van der Waals surface area contributed by atoms with Crippen LogP contribution in [0.3, 0.4) is 0 Å². The molecule has 2 aromatic heterocycles. The quantitative estimate of drug-likeness (QED) is 0.748. The van der Waals surface area contributed by atoms with Crippen molar-refractivity contribution >= 4 is 5.91 Å². The third kappa shape index (κ3) is 3.54. The first kappa shape index (κ1) is 18.3. The van der Waals surface area contributed by atoms with Crippen LogP contribution in [0.5, 0.6) is 0 Å². The summed E-state index contributed by atoms with van der Waals surface area (Å²) in [5.74, 6) is -0.421. The van der Waals surface area contributed by atoms with Crippen molar-refractivity contribution in [3.05, 3.63) is 58.9 Å². The number of rotatable bonds is 4. The molecular formula is C20H22FN5O2. The molecular weight excluding hydrogens is 361 g/mol. The zero-order valence-corrected chi connectivity index (χ0v) is 16.1. The van der Waals surface area contributed by atoms with E-state index in [2.05, 4.69) is 39.2 Å². The van der Waals surface area contributed by atoms with Gasteiger partial charge in [0.25, 0.3) is 0 Å². The van der Waals surface area contributed by atoms with Gasteiger partial charge in [0.15, 0.2) is 0 Å². The zero-order chi connectivity index (χ0) is 19.9. The normalized spacial score (nSPS) is 17.9. The van der Waals surface area contributed by atoms with Gasteiger partial charge in [-0.05, 0) is 49.4 Å². The second kappa shape index (κ2) is 6.85. The average molecular weight is 383 g/mol. The molecule has 3 aromatic rings. The van der Waals surface area contributed by atoms with Crippen molar-refractivity contribution in [3.8, 4) is 5.69 Å². The third-order valence-electron chi connectivity index (χ3n) is 5.16. The molecule has 2 heterocycles. The van der Waals surface area contributed by atoms with Gasteiger partial charge < -0.3 is 5.32 Å². The lowest BCUT2D eigenvalue weighted by atomic mass is 9.74. The molecule has 0 unspecified atom stereocenters. The fourth-order valence-electron chi connectivity index (χ4n) is 3.78. The van der Waals surface area contributed by atoms with Crippen molar-refractivity contribution in [3.63, 3.8) is 0 Å². The van der Waals surface area contributed by atoms with Crippen LogP contribution >= 0.6 is 0 Å². The lowest BCUT2D eigenvalue weighted by molar-refractivity contribution is -0.121. The number of halogens is 1. The van der Waals surface area contributed by atoms with Gasteiger partial charge in [-0.1, -0.05) is 24.2 Å². The Morgan fingerprint density at radius 1 is 1.32 bits per heavy atom. The van der Waals surface area contributed by atoms with Crippen LogP contribution in [-0.2, 0) is 17.6 Å². The highest BCUT2D eigenvalue weighted by Crippen LogP contribution is 2.41. The summed E-state index contributed by atoms with van der Waals surface area (Å²) in [5, 5.41) is 15.1. The molecule has 7 nitrogen and oxygen atoms in total. The SMILES string of the molecule is Cc1nonc1CC(=O)N[C@@H]1CC(C)(C)Cc2c1cnn2-c1ccc(F)cc1. The fraction of sp³-hybridized carbons (Fsp3) is 0.400. The van der Waals surface area contributed by atoms with Gasteiger partial charge >= 0.3 is 0 Å². The van der Waals surface area contributed by atoms with Crippen LogP contribution in [-0.4, -0.2) is 26.0 Å². The number of carbonyl (C=O) groups excluding carboxylic acids is 1. The number of hydrogen-bond donors (Lipinski definition) is 1. The van der Waals surface area contributed by atoms with Gasteiger partial charge in [-0.15, -0.1) is 0 Å². The molecule has 1 atom stereocenters. The molecule has 1 aromatic carbocycles. The van der Waals surface area contributed by atoms with Crippen LogP contribution in [0.15, 0.2) is 35.1 Å². The van der Waals surface area contributed by atoms with Crippen molar-refractivity contribution in [2.45, 2.75) is 46.1 Å². The Balaban J connectivity index is 1.61. The van der Waals surface area contributed by atoms with E-state index < -0.39 is 0 Å². The predicted octanol–water partition coefficient (Wildman–Crippen LogP) is 3.08. The lowest BCUT2D eigenvalue weighted by Gasteiger charge is -2.36. The van der Waals surface area contributed by atoms with Gasteiger partial charge in [-0.25, -0.2) is 13.7 Å². The summed E-state index contributed by atoms with van der Waals surface area (Å²) in [6, 6.07) is 6.10. The van der Waals surface area contributed by atoms with Crippen LogP contribution in [0.1, 0.15) is 49.0 Å². The topological polar surface area (TPSA) is 85.8 Å². The first-order chi connectivity index (χ1) is 13.3. The molecule has 1 aliphatic carbocycles. The van der Waals surface area contributed by atoms with Crippen molar-refractivity contribution in [1.82, 2.24) is 25.4 Å². The first-order valence-corrected chi connectivity index (χ1v) is 9.22. The molecule has 0 saturated carbocycles. The summed E-state index contributed by atoms with van der Waals surface area (Å²) >= 11 is 0. The molecule has 1 aliphatic rings. The monoisotopic (exact) mass is 383 g/mol. The molecule has 0 bridgehead atoms. The highest BCUT2D eigenvalue weighted by atomic mass is 19.1. The molecule has 0 saturated heterocycles. The molecule has 0 radical (unpaired) electrons. The highest BCUT2D eigenvalue weighted by molar-refractivity contribution is 5.78. The summed E-state index contributed by atoms with van der Waals surface area (Å²) < 4.78 is 19.8. The van der Waals surface area contributed by atoms with Crippen LogP contribution in [0.2, 0.25) is 0 Å². The second-order valence-electron chi connectivity index (χ2n) is 8.07. The predicted molar refractivity (Wildman–Crippen MR) is 99.2 cm³/mol. The summed E-state index contributed by atoms with van der Waals surface area (Å²) in [6.07, 6.45) is 3.53. The molecule has 0 fully saturated rings. The summed E-state index contributed by atoms with van der Waals surface area (Å²) in [5.41, 5.74) is 3.96. The largest absolute Gasteiger partial charge is 0.349 e. The lowest BCUT2D eigenvalue weighted by Crippen LogP contribution is -2.37. The van der Waals surface area contributed by atoms with Gasteiger partial charge in [0.05, 0.1) is 30.0 Å². The van der Waals surface area contributed by atoms with Gasteiger partial charge in [0.1, 0.15) is 17.2 Å². The number of nitrogens with one attached hydrogen (secondary N) is 1. The smallest absolute Gasteiger partial charge is 0.226 e. The standard InChI is InChI=1S/C20H22FN5O2/c1-12-16(25-28-24-12)8-19(27)23-17-9-20(2,3)10-18-15(17)11-22-26(18)14-6-4-13(21)5-7-14/h4-7,11,17H,8-10H2,1-3H3,(H,23,27)/t17-/m1/s1. The second-order valence-corrected chi connectivity index (χ2v) is 8.07. The minimum atomic E-state index is -0.284. The van der Waals surface area contributed by atoms with Gasteiger partial charge in [0.2, 0.25) is 5.91 Å². The van der Waals surface area contributed by atoms with E-state index in [1.165, 1.54) is 12.1 Å². The minimum Gasteiger partial charge on any atom is -0.349 e. The van der Waals surface area contributed by atoms with E-state index in [1.807, 2.05) is 4.68 Å². The molecule has 146 valence electrons. The molecule has 8 heteroatoms. The maximum absolute atomic E-state index is 13.3. The minimum absolute atomic E-state index is 0.0197. The van der Waals surface area contributed by atoms with Gasteiger partial charge in [-0.2, -0.15) is 5.10 Å². The Kier molecular flexibility index (Phi) is 4.49. The van der Waals surface area contributed by atoms with Crippen LogP contribution in [0, 0.1) is 18.2 Å². The van der Waals surface area contributed by atoms with E-state index >= 15 is 0 Å². The fourth-order valence-corrected chi connectivity index (χ4v) is 3.78. The number of amides is 1. The van der Waals surface area contributed by atoms with E-state index in [9.17, 15) is 9.18 Å². The number of benzene rings is 1.